The number of rotatable bonds is 14. The van der Waals surface area contributed by atoms with E-state index in [4.69, 9.17) is 35.2 Å². The summed E-state index contributed by atoms with van der Waals surface area (Å²) in [4.78, 5) is 26.3. The van der Waals surface area contributed by atoms with Crippen LogP contribution in [0, 0.1) is 0 Å². The quantitative estimate of drug-likeness (QED) is 0.126. The lowest BCUT2D eigenvalue weighted by Crippen LogP contribution is -2.40. The molecule has 2 N–H and O–H groups in total. The minimum Gasteiger partial charge on any atom is -0.493 e. The lowest BCUT2D eigenvalue weighted by molar-refractivity contribution is 0.0781. The van der Waals surface area contributed by atoms with Crippen molar-refractivity contribution >= 4 is 34.5 Å². The average molecular weight is 686 g/mol. The number of likely N-dealkylation sites (tertiary alicyclic amines) is 1. The first-order valence-corrected chi connectivity index (χ1v) is 17.0. The Labute approximate surface area is 292 Å². The lowest BCUT2D eigenvalue weighted by atomic mass is 9.94. The van der Waals surface area contributed by atoms with Gasteiger partial charge in [-0.15, -0.1) is 0 Å². The monoisotopic (exact) mass is 685 g/mol. The summed E-state index contributed by atoms with van der Waals surface area (Å²) in [5, 5.41) is 4.35. The average Bonchev–Trinajstić information content (AvgIpc) is 3.80. The molecule has 0 aliphatic carbocycles. The highest BCUT2D eigenvalue weighted by Gasteiger charge is 2.25. The van der Waals surface area contributed by atoms with Crippen LogP contribution in [0.2, 0.25) is 5.02 Å². The molecule has 1 fully saturated rings. The van der Waals surface area contributed by atoms with E-state index in [9.17, 15) is 4.79 Å². The van der Waals surface area contributed by atoms with E-state index in [1.807, 2.05) is 25.2 Å². The molecule has 1 aliphatic heterocycles. The number of imidazole rings is 1. The minimum absolute atomic E-state index is 0.121. The highest BCUT2D eigenvalue weighted by Crippen LogP contribution is 2.38. The first kappa shape index (κ1) is 34.2. The molecule has 3 heterocycles. The molecule has 0 radical (unpaired) electrons. The number of aromatic nitrogens is 2. The van der Waals surface area contributed by atoms with Crippen molar-refractivity contribution in [1.82, 2.24) is 19.8 Å². The van der Waals surface area contributed by atoms with Crippen LogP contribution in [0.1, 0.15) is 52.2 Å². The first-order valence-electron chi connectivity index (χ1n) is 16.6. The summed E-state index contributed by atoms with van der Waals surface area (Å²) >= 11 is 6.24. The Morgan fingerprint density at radius 3 is 2.45 bits per heavy atom. The molecule has 1 atom stereocenters. The lowest BCUT2D eigenvalue weighted by Gasteiger charge is -2.34. The summed E-state index contributed by atoms with van der Waals surface area (Å²) in [5.41, 5.74) is 5.95. The minimum atomic E-state index is -0.121. The number of hydrogen-bond donors (Lipinski definition) is 2. The summed E-state index contributed by atoms with van der Waals surface area (Å²) < 4.78 is 21.7. The molecule has 0 saturated carbocycles. The zero-order valence-electron chi connectivity index (χ0n) is 28.5. The number of aromatic amines is 1. The number of amides is 1. The van der Waals surface area contributed by atoms with Gasteiger partial charge in [0.25, 0.3) is 5.91 Å². The van der Waals surface area contributed by atoms with Crippen molar-refractivity contribution in [3.05, 3.63) is 100 Å². The Hall–Kier alpha value is -4.67. The zero-order valence-corrected chi connectivity index (χ0v) is 29.3. The van der Waals surface area contributed by atoms with Crippen LogP contribution < -0.4 is 19.5 Å². The van der Waals surface area contributed by atoms with Gasteiger partial charge in [0, 0.05) is 55.6 Å². The summed E-state index contributed by atoms with van der Waals surface area (Å²) in [5.74, 6) is 2.16. The van der Waals surface area contributed by atoms with Crippen LogP contribution >= 0.6 is 11.6 Å². The highest BCUT2D eigenvalue weighted by molar-refractivity contribution is 6.30. The van der Waals surface area contributed by atoms with Gasteiger partial charge < -0.3 is 38.7 Å². The van der Waals surface area contributed by atoms with Crippen LogP contribution in [-0.2, 0) is 6.42 Å². The molecular formula is C38H44ClN5O5. The van der Waals surface area contributed by atoms with Crippen molar-refractivity contribution < 1.29 is 23.4 Å². The topological polar surface area (TPSA) is 105 Å². The fraction of sp³-hybridized carbons (Fsp3) is 0.368. The van der Waals surface area contributed by atoms with E-state index < -0.39 is 0 Å². The van der Waals surface area contributed by atoms with Crippen LogP contribution in [0.3, 0.4) is 0 Å². The van der Waals surface area contributed by atoms with Gasteiger partial charge >= 0.3 is 0 Å². The number of nitrogens with one attached hydrogen (secondary N) is 2. The summed E-state index contributed by atoms with van der Waals surface area (Å²) in [7, 11) is 6.47. The van der Waals surface area contributed by atoms with E-state index in [0.717, 1.165) is 73.4 Å². The number of methoxy groups -OCH3 is 3. The molecule has 1 saturated heterocycles. The highest BCUT2D eigenvalue weighted by atomic mass is 35.5. The van der Waals surface area contributed by atoms with E-state index in [1.54, 1.807) is 50.9 Å². The molecule has 5 aromatic rings. The summed E-state index contributed by atoms with van der Waals surface area (Å²) in [6.07, 6.45) is 7.20. The van der Waals surface area contributed by atoms with Gasteiger partial charge in [-0.1, -0.05) is 35.9 Å². The van der Waals surface area contributed by atoms with Crippen LogP contribution in [-0.4, -0.2) is 86.3 Å². The van der Waals surface area contributed by atoms with Gasteiger partial charge in [0.05, 0.1) is 44.9 Å². The third-order valence-electron chi connectivity index (χ3n) is 9.39. The van der Waals surface area contributed by atoms with E-state index in [-0.39, 0.29) is 11.8 Å². The molecule has 0 spiro atoms. The predicted molar refractivity (Wildman–Crippen MR) is 193 cm³/mol. The molecule has 0 bridgehead atoms. The number of benzene rings is 3. The fourth-order valence-electron chi connectivity index (χ4n) is 6.69. The predicted octanol–water partition coefficient (Wildman–Crippen LogP) is 7.25. The van der Waals surface area contributed by atoms with E-state index in [1.165, 1.54) is 5.56 Å². The van der Waals surface area contributed by atoms with E-state index in [0.29, 0.717) is 40.4 Å². The summed E-state index contributed by atoms with van der Waals surface area (Å²) in [6, 6.07) is 19.9. The Balaban J connectivity index is 1.07. The number of furan rings is 1. The number of likely N-dealkylation sites (N-methyl/N-ethyl adjacent to an activating group) is 1. The van der Waals surface area contributed by atoms with Crippen LogP contribution in [0.25, 0.3) is 11.0 Å². The van der Waals surface area contributed by atoms with Crippen molar-refractivity contribution in [3.8, 4) is 17.2 Å². The van der Waals surface area contributed by atoms with Gasteiger partial charge in [-0.3, -0.25) is 4.79 Å². The Bertz CT molecular complexity index is 1810. The van der Waals surface area contributed by atoms with Crippen molar-refractivity contribution in [2.75, 3.05) is 59.9 Å². The number of hydrogen-bond acceptors (Lipinski definition) is 8. The first-order chi connectivity index (χ1) is 23.8. The standard InChI is InChI=1S/C38H44ClN5O5/c1-43(37(45)29-21-33(46-2)36(48-4)34(22-29)47-3)23-28(26-8-10-30(39)11-9-26)12-16-44-17-13-31(14-18-44)40-38-41-32-7-5-6-27(35(32)42-38)20-25-15-19-49-24-25/h5-11,15,19,21-22,24,28,31H,12-14,16-18,20,23H2,1-4H3,(H2,40,41,42). The van der Waals surface area contributed by atoms with Gasteiger partial charge in [-0.2, -0.15) is 0 Å². The van der Waals surface area contributed by atoms with Gasteiger partial charge in [0.15, 0.2) is 11.5 Å². The summed E-state index contributed by atoms with van der Waals surface area (Å²) in [6.45, 7) is 3.44. The van der Waals surface area contributed by atoms with Crippen LogP contribution in [0.5, 0.6) is 17.2 Å². The van der Waals surface area contributed by atoms with Gasteiger partial charge in [0.2, 0.25) is 11.7 Å². The molecule has 1 amide bonds. The second-order valence-electron chi connectivity index (χ2n) is 12.6. The fourth-order valence-corrected chi connectivity index (χ4v) is 6.81. The SMILES string of the molecule is COc1cc(C(=O)N(C)CC(CCN2CCC(Nc3nc4c(Cc5ccoc5)cccc4[nH]3)CC2)c2ccc(Cl)cc2)cc(OC)c1OC. The molecule has 1 aliphatic rings. The molecule has 49 heavy (non-hydrogen) atoms. The van der Waals surface area contributed by atoms with Crippen molar-refractivity contribution in [2.24, 2.45) is 0 Å². The Morgan fingerprint density at radius 2 is 1.80 bits per heavy atom. The molecule has 258 valence electrons. The third-order valence-corrected chi connectivity index (χ3v) is 9.64. The molecule has 3 aromatic carbocycles. The normalized spacial score (nSPS) is 14.5. The number of fused-ring (bicyclic) bond motifs is 1. The van der Waals surface area contributed by atoms with Crippen LogP contribution in [0.15, 0.2) is 77.6 Å². The molecule has 6 rings (SSSR count). The number of halogens is 1. The largest absolute Gasteiger partial charge is 0.493 e. The van der Waals surface area contributed by atoms with E-state index >= 15 is 0 Å². The van der Waals surface area contributed by atoms with Gasteiger partial charge in [0.1, 0.15) is 0 Å². The smallest absolute Gasteiger partial charge is 0.253 e. The maximum Gasteiger partial charge on any atom is 0.253 e. The second-order valence-corrected chi connectivity index (χ2v) is 13.0. The van der Waals surface area contributed by atoms with Gasteiger partial charge in [-0.25, -0.2) is 4.98 Å². The number of nitrogens with zero attached hydrogens (tertiary/aromatic N) is 3. The Kier molecular flexibility index (Phi) is 11.0. The maximum atomic E-state index is 13.7. The Morgan fingerprint density at radius 1 is 1.06 bits per heavy atom. The van der Waals surface area contributed by atoms with Gasteiger partial charge in [-0.05, 0) is 78.9 Å². The zero-order chi connectivity index (χ0) is 34.3. The molecule has 11 heteroatoms. The molecule has 10 nitrogen and oxygen atoms in total. The van der Waals surface area contributed by atoms with E-state index in [2.05, 4.69) is 45.5 Å². The maximum absolute atomic E-state index is 13.7. The van der Waals surface area contributed by atoms with Crippen molar-refractivity contribution in [3.63, 3.8) is 0 Å². The number of ether oxygens (including phenoxy) is 3. The second kappa shape index (κ2) is 15.7. The molecule has 1 unspecified atom stereocenters. The van der Waals surface area contributed by atoms with Crippen LogP contribution in [0.4, 0.5) is 5.95 Å². The number of piperidine rings is 1. The number of carbonyl (C=O) groups excluding carboxylic acids is 1. The van der Waals surface area contributed by atoms with Crippen molar-refractivity contribution in [1.29, 1.82) is 0 Å². The number of para-hydroxylation sites is 1. The number of carbonyl (C=O) groups is 1. The number of H-pyrrole nitrogens is 1. The molecular weight excluding hydrogens is 642 g/mol. The van der Waals surface area contributed by atoms with Crippen molar-refractivity contribution in [2.45, 2.75) is 37.6 Å². The molecule has 2 aromatic heterocycles. The third kappa shape index (κ3) is 8.14. The number of anilines is 1.